The van der Waals surface area contributed by atoms with Gasteiger partial charge < -0.3 is 15.3 Å². The molecular weight excluding hydrogens is 302 g/mol. The summed E-state index contributed by atoms with van der Waals surface area (Å²) in [6.07, 6.45) is 7.08. The molecule has 1 heterocycles. The fourth-order valence-corrected chi connectivity index (χ4v) is 3.22. The Balaban J connectivity index is 1.63. The van der Waals surface area contributed by atoms with Gasteiger partial charge in [-0.2, -0.15) is 0 Å². The lowest BCUT2D eigenvalue weighted by Crippen LogP contribution is -2.42. The zero-order chi connectivity index (χ0) is 17.0. The first-order chi connectivity index (χ1) is 11.6. The molecule has 126 valence electrons. The van der Waals surface area contributed by atoms with Crippen LogP contribution in [0, 0.1) is 0 Å². The molecule has 1 saturated carbocycles. The molecule has 2 N–H and O–H groups in total. The van der Waals surface area contributed by atoms with Crippen LogP contribution in [0.5, 0.6) is 0 Å². The molecule has 0 unspecified atom stereocenters. The summed E-state index contributed by atoms with van der Waals surface area (Å²) in [4.78, 5) is 18.1. The molecule has 1 aromatic carbocycles. The molecular formula is C19H23N3O2. The summed E-state index contributed by atoms with van der Waals surface area (Å²) in [5.74, 6) is -0.0641. The molecule has 1 aromatic heterocycles. The number of carbonyl (C=O) groups excluding carboxylic acids is 1. The van der Waals surface area contributed by atoms with Crippen molar-refractivity contribution in [2.24, 2.45) is 0 Å². The van der Waals surface area contributed by atoms with Gasteiger partial charge >= 0.3 is 0 Å². The number of aromatic nitrogens is 1. The minimum absolute atomic E-state index is 0.0641. The van der Waals surface area contributed by atoms with Crippen molar-refractivity contribution < 1.29 is 9.90 Å². The number of amides is 1. The van der Waals surface area contributed by atoms with Gasteiger partial charge in [-0.1, -0.05) is 12.8 Å². The Morgan fingerprint density at radius 3 is 2.33 bits per heavy atom. The van der Waals surface area contributed by atoms with E-state index in [-0.39, 0.29) is 5.91 Å². The van der Waals surface area contributed by atoms with Gasteiger partial charge in [0, 0.05) is 42.9 Å². The Morgan fingerprint density at radius 1 is 1.12 bits per heavy atom. The van der Waals surface area contributed by atoms with Crippen LogP contribution in [-0.4, -0.2) is 40.1 Å². The van der Waals surface area contributed by atoms with Gasteiger partial charge in [-0.05, 0) is 49.2 Å². The quantitative estimate of drug-likeness (QED) is 0.886. The zero-order valence-corrected chi connectivity index (χ0v) is 13.9. The van der Waals surface area contributed by atoms with Crippen molar-refractivity contribution in [3.8, 4) is 0 Å². The van der Waals surface area contributed by atoms with Gasteiger partial charge in [-0.15, -0.1) is 0 Å². The predicted molar refractivity (Wildman–Crippen MR) is 94.3 cm³/mol. The second kappa shape index (κ2) is 7.01. The summed E-state index contributed by atoms with van der Waals surface area (Å²) in [6.45, 7) is 0.392. The lowest BCUT2D eigenvalue weighted by atomic mass is 10.0. The molecule has 1 fully saturated rings. The highest BCUT2D eigenvalue weighted by Crippen LogP contribution is 2.30. The second-order valence-electron chi connectivity index (χ2n) is 6.53. The third-order valence-corrected chi connectivity index (χ3v) is 4.51. The summed E-state index contributed by atoms with van der Waals surface area (Å²) in [5, 5.41) is 13.7. The topological polar surface area (TPSA) is 65.5 Å². The van der Waals surface area contributed by atoms with E-state index in [4.69, 9.17) is 0 Å². The molecule has 0 saturated heterocycles. The number of nitrogens with zero attached hydrogens (tertiary/aromatic N) is 2. The fourth-order valence-electron chi connectivity index (χ4n) is 3.22. The van der Waals surface area contributed by atoms with Crippen LogP contribution in [0.25, 0.3) is 0 Å². The summed E-state index contributed by atoms with van der Waals surface area (Å²) < 4.78 is 0. The normalized spacial score (nSPS) is 15.9. The number of aliphatic hydroxyl groups is 1. The summed E-state index contributed by atoms with van der Waals surface area (Å²) in [6, 6.07) is 11.1. The van der Waals surface area contributed by atoms with Gasteiger partial charge in [-0.3, -0.25) is 9.78 Å². The number of benzene rings is 1. The molecule has 5 heteroatoms. The third-order valence-electron chi connectivity index (χ3n) is 4.51. The maximum absolute atomic E-state index is 12.5. The Labute approximate surface area is 142 Å². The average Bonchev–Trinajstić information content (AvgIpc) is 3.02. The van der Waals surface area contributed by atoms with Crippen LogP contribution in [0.2, 0.25) is 0 Å². The number of rotatable bonds is 5. The van der Waals surface area contributed by atoms with E-state index in [1.807, 2.05) is 24.3 Å². The van der Waals surface area contributed by atoms with E-state index in [9.17, 15) is 9.90 Å². The smallest absolute Gasteiger partial charge is 0.253 e. The second-order valence-corrected chi connectivity index (χ2v) is 6.53. The maximum atomic E-state index is 12.5. The van der Waals surface area contributed by atoms with Crippen molar-refractivity contribution in [2.45, 2.75) is 31.3 Å². The maximum Gasteiger partial charge on any atom is 0.253 e. The molecule has 1 aliphatic rings. The van der Waals surface area contributed by atoms with Gasteiger partial charge in [0.2, 0.25) is 0 Å². The van der Waals surface area contributed by atoms with Crippen LogP contribution < -0.4 is 5.32 Å². The van der Waals surface area contributed by atoms with Crippen LogP contribution in [-0.2, 0) is 0 Å². The standard InChI is InChI=1S/C19H23N3O2/c1-22(14-19(24)10-2-3-11-19)18(23)15-4-6-16(7-5-15)21-17-8-12-20-13-9-17/h4-9,12-13,24H,2-3,10-11,14H2,1H3,(H,20,21). The number of hydrogen-bond acceptors (Lipinski definition) is 4. The van der Waals surface area contributed by atoms with E-state index in [0.717, 1.165) is 37.1 Å². The van der Waals surface area contributed by atoms with E-state index < -0.39 is 5.60 Å². The van der Waals surface area contributed by atoms with Crippen LogP contribution in [0.1, 0.15) is 36.0 Å². The fraction of sp³-hybridized carbons (Fsp3) is 0.368. The molecule has 3 rings (SSSR count). The summed E-state index contributed by atoms with van der Waals surface area (Å²) >= 11 is 0. The highest BCUT2D eigenvalue weighted by Gasteiger charge is 2.33. The first-order valence-corrected chi connectivity index (χ1v) is 8.31. The number of carbonyl (C=O) groups is 1. The lowest BCUT2D eigenvalue weighted by Gasteiger charge is -2.28. The van der Waals surface area contributed by atoms with E-state index in [1.165, 1.54) is 0 Å². The van der Waals surface area contributed by atoms with Crippen LogP contribution >= 0.6 is 0 Å². The molecule has 0 radical (unpaired) electrons. The van der Waals surface area contributed by atoms with Gasteiger partial charge in [0.25, 0.3) is 5.91 Å². The van der Waals surface area contributed by atoms with E-state index in [2.05, 4.69) is 10.3 Å². The Kier molecular flexibility index (Phi) is 4.81. The number of nitrogens with one attached hydrogen (secondary N) is 1. The van der Waals surface area contributed by atoms with Crippen LogP contribution in [0.3, 0.4) is 0 Å². The summed E-state index contributed by atoms with van der Waals surface area (Å²) in [5.41, 5.74) is 1.77. The van der Waals surface area contributed by atoms with Gasteiger partial charge in [0.15, 0.2) is 0 Å². The SMILES string of the molecule is CN(CC1(O)CCCC1)C(=O)c1ccc(Nc2ccncc2)cc1. The largest absolute Gasteiger partial charge is 0.388 e. The van der Waals surface area contributed by atoms with E-state index in [1.54, 1.807) is 36.5 Å². The van der Waals surface area contributed by atoms with Crippen molar-refractivity contribution >= 4 is 17.3 Å². The monoisotopic (exact) mass is 325 g/mol. The molecule has 0 aliphatic heterocycles. The average molecular weight is 325 g/mol. The Bertz CT molecular complexity index is 680. The summed E-state index contributed by atoms with van der Waals surface area (Å²) in [7, 11) is 1.75. The number of pyridine rings is 1. The van der Waals surface area contributed by atoms with E-state index >= 15 is 0 Å². The predicted octanol–water partition coefficient (Wildman–Crippen LogP) is 3.20. The van der Waals surface area contributed by atoms with Gasteiger partial charge in [-0.25, -0.2) is 0 Å². The minimum Gasteiger partial charge on any atom is -0.388 e. The van der Waals surface area contributed by atoms with Crippen LogP contribution in [0.4, 0.5) is 11.4 Å². The first kappa shape index (κ1) is 16.5. The highest BCUT2D eigenvalue weighted by molar-refractivity contribution is 5.94. The van der Waals surface area contributed by atoms with Crippen molar-refractivity contribution in [1.82, 2.24) is 9.88 Å². The van der Waals surface area contributed by atoms with Crippen molar-refractivity contribution in [1.29, 1.82) is 0 Å². The van der Waals surface area contributed by atoms with Gasteiger partial charge in [0.05, 0.1) is 5.60 Å². The first-order valence-electron chi connectivity index (χ1n) is 8.31. The van der Waals surface area contributed by atoms with Crippen molar-refractivity contribution in [3.63, 3.8) is 0 Å². The molecule has 0 bridgehead atoms. The molecule has 24 heavy (non-hydrogen) atoms. The molecule has 1 aliphatic carbocycles. The highest BCUT2D eigenvalue weighted by atomic mass is 16.3. The van der Waals surface area contributed by atoms with E-state index in [0.29, 0.717) is 12.1 Å². The van der Waals surface area contributed by atoms with Gasteiger partial charge in [0.1, 0.15) is 0 Å². The third kappa shape index (κ3) is 3.92. The molecule has 0 spiro atoms. The molecule has 1 amide bonds. The zero-order valence-electron chi connectivity index (χ0n) is 13.9. The number of hydrogen-bond donors (Lipinski definition) is 2. The molecule has 5 nitrogen and oxygen atoms in total. The Morgan fingerprint density at radius 2 is 1.71 bits per heavy atom. The molecule has 2 aromatic rings. The lowest BCUT2D eigenvalue weighted by molar-refractivity contribution is 0.0157. The van der Waals surface area contributed by atoms with Crippen molar-refractivity contribution in [2.75, 3.05) is 18.9 Å². The van der Waals surface area contributed by atoms with Crippen LogP contribution in [0.15, 0.2) is 48.8 Å². The minimum atomic E-state index is -0.715. The van der Waals surface area contributed by atoms with Crippen molar-refractivity contribution in [3.05, 3.63) is 54.4 Å². The molecule has 0 atom stereocenters. The number of anilines is 2. The Hall–Kier alpha value is -2.40. The number of likely N-dealkylation sites (N-methyl/N-ethyl adjacent to an activating group) is 1.